The van der Waals surface area contributed by atoms with Gasteiger partial charge in [-0.2, -0.15) is 0 Å². The molecule has 4 aliphatic rings. The molecule has 1 heteroatoms. The zero-order chi connectivity index (χ0) is 15.6. The molecular formula is C22H30O. The van der Waals surface area contributed by atoms with Crippen molar-refractivity contribution in [2.75, 3.05) is 0 Å². The van der Waals surface area contributed by atoms with Gasteiger partial charge in [-0.15, -0.1) is 0 Å². The lowest BCUT2D eigenvalue weighted by Crippen LogP contribution is -2.46. The van der Waals surface area contributed by atoms with Crippen LogP contribution in [0.1, 0.15) is 81.4 Å². The lowest BCUT2D eigenvalue weighted by atomic mass is 9.50. The van der Waals surface area contributed by atoms with E-state index in [2.05, 4.69) is 31.2 Å². The summed E-state index contributed by atoms with van der Waals surface area (Å²) in [4.78, 5) is 0. The van der Waals surface area contributed by atoms with E-state index in [1.807, 2.05) is 0 Å². The molecule has 124 valence electrons. The molecule has 5 rings (SSSR count). The average molecular weight is 310 g/mol. The van der Waals surface area contributed by atoms with Gasteiger partial charge in [-0.3, -0.25) is 0 Å². The van der Waals surface area contributed by atoms with E-state index >= 15 is 0 Å². The lowest BCUT2D eigenvalue weighted by Gasteiger charge is -2.55. The van der Waals surface area contributed by atoms with E-state index in [4.69, 9.17) is 0 Å². The number of fused-ring (bicyclic) bond motifs is 7. The minimum absolute atomic E-state index is 0.218. The van der Waals surface area contributed by atoms with Gasteiger partial charge in [0.15, 0.2) is 0 Å². The smallest absolute Gasteiger partial charge is 0.0795 e. The number of hydrogen-bond donors (Lipinski definition) is 1. The molecule has 1 aromatic carbocycles. The maximum atomic E-state index is 10.6. The Kier molecular flexibility index (Phi) is 3.21. The zero-order valence-corrected chi connectivity index (χ0v) is 14.4. The molecule has 3 fully saturated rings. The third kappa shape index (κ3) is 2.02. The summed E-state index contributed by atoms with van der Waals surface area (Å²) in [6, 6.07) is 8.82. The van der Waals surface area contributed by atoms with Crippen LogP contribution >= 0.6 is 0 Å². The second kappa shape index (κ2) is 5.09. The van der Waals surface area contributed by atoms with Crippen LogP contribution in [0.3, 0.4) is 0 Å². The predicted octanol–water partition coefficient (Wildman–Crippen LogP) is 5.45. The first-order valence-corrected chi connectivity index (χ1v) is 9.94. The summed E-state index contributed by atoms with van der Waals surface area (Å²) in [5, 5.41) is 10.6. The summed E-state index contributed by atoms with van der Waals surface area (Å²) in [6.45, 7) is 2.59. The zero-order valence-electron chi connectivity index (χ0n) is 14.4. The summed E-state index contributed by atoms with van der Waals surface area (Å²) >= 11 is 0. The number of rotatable bonds is 0. The van der Waals surface area contributed by atoms with Crippen molar-refractivity contribution in [3.8, 4) is 0 Å². The van der Waals surface area contributed by atoms with Gasteiger partial charge in [0.2, 0.25) is 0 Å². The Morgan fingerprint density at radius 3 is 2.65 bits per heavy atom. The van der Waals surface area contributed by atoms with E-state index in [9.17, 15) is 5.11 Å². The molecule has 3 saturated carbocycles. The fourth-order valence-electron chi connectivity index (χ4n) is 7.39. The molecule has 7 atom stereocenters. The molecule has 0 amide bonds. The van der Waals surface area contributed by atoms with Gasteiger partial charge < -0.3 is 5.11 Å². The van der Waals surface area contributed by atoms with Crippen molar-refractivity contribution in [2.45, 2.75) is 70.3 Å². The Labute approximate surface area is 140 Å². The minimum Gasteiger partial charge on any atom is -0.388 e. The summed E-state index contributed by atoms with van der Waals surface area (Å²) in [7, 11) is 0. The molecule has 1 aromatic rings. The quantitative estimate of drug-likeness (QED) is 0.675. The number of benzene rings is 1. The SMILES string of the molecule is C[C@@]12CCCC1C1CCC3CC(O)c4ccccc4C3C1CC2. The first-order chi connectivity index (χ1) is 11.2. The van der Waals surface area contributed by atoms with Crippen LogP contribution in [0.5, 0.6) is 0 Å². The average Bonchev–Trinajstić information content (AvgIpc) is 2.96. The minimum atomic E-state index is -0.218. The maximum Gasteiger partial charge on any atom is 0.0795 e. The van der Waals surface area contributed by atoms with Crippen LogP contribution in [0, 0.1) is 29.1 Å². The van der Waals surface area contributed by atoms with Crippen LogP contribution in [0.15, 0.2) is 24.3 Å². The highest BCUT2D eigenvalue weighted by Gasteiger charge is 2.54. The van der Waals surface area contributed by atoms with E-state index < -0.39 is 0 Å². The van der Waals surface area contributed by atoms with Crippen molar-refractivity contribution in [2.24, 2.45) is 29.1 Å². The van der Waals surface area contributed by atoms with Gasteiger partial charge in [-0.1, -0.05) is 37.6 Å². The van der Waals surface area contributed by atoms with Crippen LogP contribution in [0.25, 0.3) is 0 Å². The fourth-order valence-corrected chi connectivity index (χ4v) is 7.39. The highest BCUT2D eigenvalue weighted by Crippen LogP contribution is 2.64. The highest BCUT2D eigenvalue weighted by atomic mass is 16.3. The van der Waals surface area contributed by atoms with Gasteiger partial charge in [0.05, 0.1) is 6.10 Å². The van der Waals surface area contributed by atoms with Gasteiger partial charge >= 0.3 is 0 Å². The van der Waals surface area contributed by atoms with Crippen molar-refractivity contribution in [1.82, 2.24) is 0 Å². The van der Waals surface area contributed by atoms with Gasteiger partial charge in [0.1, 0.15) is 0 Å². The fraction of sp³-hybridized carbons (Fsp3) is 0.727. The van der Waals surface area contributed by atoms with Gasteiger partial charge in [-0.25, -0.2) is 0 Å². The number of hydrogen-bond acceptors (Lipinski definition) is 1. The topological polar surface area (TPSA) is 20.2 Å². The Balaban J connectivity index is 1.54. The molecular weight excluding hydrogens is 280 g/mol. The summed E-state index contributed by atoms with van der Waals surface area (Å²) < 4.78 is 0. The van der Waals surface area contributed by atoms with Crippen molar-refractivity contribution in [3.63, 3.8) is 0 Å². The molecule has 0 saturated heterocycles. The van der Waals surface area contributed by atoms with Crippen LogP contribution in [-0.4, -0.2) is 5.11 Å². The number of aliphatic hydroxyl groups excluding tert-OH is 1. The van der Waals surface area contributed by atoms with Crippen LogP contribution in [0.4, 0.5) is 0 Å². The molecule has 1 N–H and O–H groups in total. The summed E-state index contributed by atoms with van der Waals surface area (Å²) in [5.41, 5.74) is 3.41. The molecule has 0 spiro atoms. The first-order valence-electron chi connectivity index (χ1n) is 9.94. The van der Waals surface area contributed by atoms with E-state index in [0.717, 1.165) is 36.0 Å². The summed E-state index contributed by atoms with van der Waals surface area (Å²) in [6.07, 6.45) is 10.9. The molecule has 0 heterocycles. The van der Waals surface area contributed by atoms with Crippen LogP contribution < -0.4 is 0 Å². The van der Waals surface area contributed by atoms with E-state index in [0.29, 0.717) is 5.41 Å². The van der Waals surface area contributed by atoms with Crippen molar-refractivity contribution >= 4 is 0 Å². The first kappa shape index (κ1) is 14.5. The molecule has 0 aliphatic heterocycles. The standard InChI is InChI=1S/C22H30O/c1-22-11-4-7-19(22)15-9-8-14-13-20(23)16-5-2-3-6-17(16)21(14)18(15)10-12-22/h2-3,5-6,14-15,18-21,23H,4,7-13H2,1H3/t14?,15?,18?,19?,20?,21?,22-/m0/s1. The monoisotopic (exact) mass is 310 g/mol. The highest BCUT2D eigenvalue weighted by molar-refractivity contribution is 5.36. The Hall–Kier alpha value is -0.820. The Bertz CT molecular complexity index is 608. The third-order valence-electron chi connectivity index (χ3n) is 8.35. The molecule has 1 nitrogen and oxygen atoms in total. The second-order valence-corrected chi connectivity index (χ2v) is 9.26. The van der Waals surface area contributed by atoms with Crippen LogP contribution in [-0.2, 0) is 0 Å². The predicted molar refractivity (Wildman–Crippen MR) is 93.1 cm³/mol. The van der Waals surface area contributed by atoms with Crippen LogP contribution in [0.2, 0.25) is 0 Å². The normalized spacial score (nSPS) is 48.1. The second-order valence-electron chi connectivity index (χ2n) is 9.26. The van der Waals surface area contributed by atoms with E-state index in [1.165, 1.54) is 56.1 Å². The van der Waals surface area contributed by atoms with E-state index in [-0.39, 0.29) is 6.10 Å². The number of aliphatic hydroxyl groups is 1. The lowest BCUT2D eigenvalue weighted by molar-refractivity contribution is -0.0291. The van der Waals surface area contributed by atoms with Crippen molar-refractivity contribution in [1.29, 1.82) is 0 Å². The molecule has 6 unspecified atom stereocenters. The van der Waals surface area contributed by atoms with Gasteiger partial charge in [-0.05, 0) is 91.1 Å². The van der Waals surface area contributed by atoms with Crippen molar-refractivity contribution < 1.29 is 5.11 Å². The largest absolute Gasteiger partial charge is 0.388 e. The van der Waals surface area contributed by atoms with Crippen molar-refractivity contribution in [3.05, 3.63) is 35.4 Å². The Morgan fingerprint density at radius 2 is 1.78 bits per heavy atom. The van der Waals surface area contributed by atoms with Gasteiger partial charge in [0, 0.05) is 0 Å². The molecule has 23 heavy (non-hydrogen) atoms. The molecule has 0 bridgehead atoms. The Morgan fingerprint density at radius 1 is 0.957 bits per heavy atom. The third-order valence-corrected chi connectivity index (χ3v) is 8.35. The molecule has 4 aliphatic carbocycles. The maximum absolute atomic E-state index is 10.6. The van der Waals surface area contributed by atoms with Gasteiger partial charge in [0.25, 0.3) is 0 Å². The molecule has 0 aromatic heterocycles. The molecule has 0 radical (unpaired) electrons. The summed E-state index contributed by atoms with van der Waals surface area (Å²) in [5.74, 6) is 4.30. The van der Waals surface area contributed by atoms with E-state index in [1.54, 1.807) is 0 Å².